The van der Waals surface area contributed by atoms with E-state index in [2.05, 4.69) is 13.2 Å². The summed E-state index contributed by atoms with van der Waals surface area (Å²) in [5.74, 6) is -0.311. The van der Waals surface area contributed by atoms with Crippen LogP contribution in [0.15, 0.2) is 31.4 Å². The van der Waals surface area contributed by atoms with Crippen molar-refractivity contribution in [2.45, 2.75) is 40.7 Å². The Kier molecular flexibility index (Phi) is 5.54. The van der Waals surface area contributed by atoms with E-state index in [4.69, 9.17) is 4.74 Å². The first-order valence-corrected chi connectivity index (χ1v) is 7.30. The van der Waals surface area contributed by atoms with Crippen molar-refractivity contribution in [3.63, 3.8) is 0 Å². The quantitative estimate of drug-likeness (QED) is 0.690. The van der Waals surface area contributed by atoms with Gasteiger partial charge < -0.3 is 4.74 Å². The monoisotopic (exact) mass is 286 g/mol. The van der Waals surface area contributed by atoms with Crippen molar-refractivity contribution in [2.75, 3.05) is 0 Å². The molecule has 0 saturated carbocycles. The summed E-state index contributed by atoms with van der Waals surface area (Å²) in [7, 11) is 0. The van der Waals surface area contributed by atoms with Crippen molar-refractivity contribution in [2.24, 2.45) is 11.3 Å². The van der Waals surface area contributed by atoms with Crippen LogP contribution >= 0.6 is 0 Å². The first kappa shape index (κ1) is 17.2. The number of carbonyl (C=O) groups is 1. The minimum absolute atomic E-state index is 0.101. The molecule has 0 saturated heterocycles. The normalized spacial score (nSPS) is 14.1. The molecule has 0 spiro atoms. The number of ether oxygens (including phenoxy) is 1. The van der Waals surface area contributed by atoms with E-state index < -0.39 is 0 Å². The van der Waals surface area contributed by atoms with Gasteiger partial charge in [-0.1, -0.05) is 65.1 Å². The lowest BCUT2D eigenvalue weighted by atomic mass is 9.82. The third kappa shape index (κ3) is 4.32. The van der Waals surface area contributed by atoms with Crippen LogP contribution in [0.3, 0.4) is 0 Å². The third-order valence-corrected chi connectivity index (χ3v) is 3.97. The Bertz CT molecular complexity index is 535. The van der Waals surface area contributed by atoms with Crippen molar-refractivity contribution in [3.05, 3.63) is 48.0 Å². The van der Waals surface area contributed by atoms with E-state index in [0.717, 1.165) is 16.7 Å². The molecule has 0 amide bonds. The molecule has 114 valence electrons. The van der Waals surface area contributed by atoms with Crippen LogP contribution in [0.5, 0.6) is 0 Å². The van der Waals surface area contributed by atoms with Gasteiger partial charge in [0.15, 0.2) is 0 Å². The number of benzene rings is 1. The van der Waals surface area contributed by atoms with Crippen LogP contribution in [0.25, 0.3) is 12.2 Å². The Morgan fingerprint density at radius 3 is 2.19 bits per heavy atom. The molecule has 0 fully saturated rings. The van der Waals surface area contributed by atoms with Gasteiger partial charge in [-0.2, -0.15) is 0 Å². The molecule has 2 atom stereocenters. The van der Waals surface area contributed by atoms with Crippen molar-refractivity contribution in [3.8, 4) is 0 Å². The van der Waals surface area contributed by atoms with Crippen LogP contribution in [0.4, 0.5) is 0 Å². The minimum Gasteiger partial charge on any atom is -0.458 e. The SMILES string of the molecule is C=Cc1ccc(C(C)OC(=O)C(C)C(C)(C)C)cc1C=C. The Morgan fingerprint density at radius 2 is 1.71 bits per heavy atom. The summed E-state index contributed by atoms with van der Waals surface area (Å²) in [6.07, 6.45) is 3.30. The molecule has 0 aliphatic heterocycles. The average molecular weight is 286 g/mol. The number of hydrogen-bond donors (Lipinski definition) is 0. The Balaban J connectivity index is 2.90. The lowest BCUT2D eigenvalue weighted by Gasteiger charge is -2.27. The van der Waals surface area contributed by atoms with E-state index in [1.807, 2.05) is 52.8 Å². The average Bonchev–Trinajstić information content (AvgIpc) is 2.44. The maximum atomic E-state index is 12.2. The summed E-state index contributed by atoms with van der Waals surface area (Å²) >= 11 is 0. The zero-order valence-corrected chi connectivity index (χ0v) is 13.8. The fraction of sp³-hybridized carbons (Fsp3) is 0.421. The zero-order valence-electron chi connectivity index (χ0n) is 13.8. The van der Waals surface area contributed by atoms with Gasteiger partial charge in [0, 0.05) is 0 Å². The van der Waals surface area contributed by atoms with E-state index in [9.17, 15) is 4.79 Å². The standard InChI is InChI=1S/C19H26O2/c1-8-15-10-11-17(12-16(15)9-2)14(4)21-18(20)13(3)19(5,6)7/h8-14H,1-2H2,3-7H3. The third-order valence-electron chi connectivity index (χ3n) is 3.97. The minimum atomic E-state index is -0.278. The van der Waals surface area contributed by atoms with Crippen LogP contribution in [0, 0.1) is 11.3 Å². The van der Waals surface area contributed by atoms with Gasteiger partial charge in [-0.15, -0.1) is 0 Å². The summed E-state index contributed by atoms with van der Waals surface area (Å²) in [6, 6.07) is 5.92. The molecule has 0 aliphatic carbocycles. The van der Waals surface area contributed by atoms with E-state index in [0.29, 0.717) is 0 Å². The molecule has 2 unspecified atom stereocenters. The van der Waals surface area contributed by atoms with Gasteiger partial charge >= 0.3 is 5.97 Å². The molecule has 1 aromatic rings. The first-order chi connectivity index (χ1) is 9.70. The lowest BCUT2D eigenvalue weighted by molar-refractivity contribution is -0.156. The Hall–Kier alpha value is -1.83. The van der Waals surface area contributed by atoms with Crippen molar-refractivity contribution in [1.29, 1.82) is 0 Å². The fourth-order valence-electron chi connectivity index (χ4n) is 1.91. The van der Waals surface area contributed by atoms with Gasteiger partial charge in [-0.05, 0) is 35.1 Å². The second kappa shape index (κ2) is 6.75. The number of esters is 1. The van der Waals surface area contributed by atoms with Crippen molar-refractivity contribution >= 4 is 18.1 Å². The highest BCUT2D eigenvalue weighted by Gasteiger charge is 2.29. The van der Waals surface area contributed by atoms with Gasteiger partial charge in [0.2, 0.25) is 0 Å². The molecule has 2 heteroatoms. The lowest BCUT2D eigenvalue weighted by Crippen LogP contribution is -2.28. The molecule has 2 nitrogen and oxygen atoms in total. The van der Waals surface area contributed by atoms with Gasteiger partial charge in [0.05, 0.1) is 5.92 Å². The van der Waals surface area contributed by atoms with Crippen molar-refractivity contribution < 1.29 is 9.53 Å². The molecule has 0 radical (unpaired) electrons. The molecule has 1 rings (SSSR count). The molecule has 0 bridgehead atoms. The topological polar surface area (TPSA) is 26.3 Å². The fourth-order valence-corrected chi connectivity index (χ4v) is 1.91. The van der Waals surface area contributed by atoms with Gasteiger partial charge in [0.25, 0.3) is 0 Å². The summed E-state index contributed by atoms with van der Waals surface area (Å²) in [6.45, 7) is 17.5. The second-order valence-corrected chi connectivity index (χ2v) is 6.46. The molecule has 0 heterocycles. The van der Waals surface area contributed by atoms with Crippen LogP contribution in [-0.4, -0.2) is 5.97 Å². The maximum Gasteiger partial charge on any atom is 0.309 e. The van der Waals surface area contributed by atoms with E-state index in [-0.39, 0.29) is 23.4 Å². The van der Waals surface area contributed by atoms with E-state index >= 15 is 0 Å². The predicted molar refractivity (Wildman–Crippen MR) is 89.8 cm³/mol. The molecular weight excluding hydrogens is 260 g/mol. The summed E-state index contributed by atoms with van der Waals surface area (Å²) < 4.78 is 5.60. The second-order valence-electron chi connectivity index (χ2n) is 6.46. The molecule has 0 N–H and O–H groups in total. The van der Waals surface area contributed by atoms with Gasteiger partial charge in [0.1, 0.15) is 6.10 Å². The van der Waals surface area contributed by atoms with Crippen LogP contribution in [0.1, 0.15) is 57.4 Å². The maximum absolute atomic E-state index is 12.2. The summed E-state index contributed by atoms with van der Waals surface area (Å²) in [5.41, 5.74) is 2.88. The highest BCUT2D eigenvalue weighted by molar-refractivity contribution is 5.73. The Labute approximate surface area is 128 Å². The summed E-state index contributed by atoms with van der Waals surface area (Å²) in [5, 5.41) is 0. The van der Waals surface area contributed by atoms with E-state index in [1.54, 1.807) is 12.2 Å². The van der Waals surface area contributed by atoms with Gasteiger partial charge in [-0.25, -0.2) is 0 Å². The summed E-state index contributed by atoms with van der Waals surface area (Å²) in [4.78, 5) is 12.2. The molecule has 0 aliphatic rings. The van der Waals surface area contributed by atoms with E-state index in [1.165, 1.54) is 0 Å². The number of hydrogen-bond acceptors (Lipinski definition) is 2. The zero-order chi connectivity index (χ0) is 16.2. The molecule has 1 aromatic carbocycles. The van der Waals surface area contributed by atoms with Crippen LogP contribution in [-0.2, 0) is 9.53 Å². The first-order valence-electron chi connectivity index (χ1n) is 7.30. The highest BCUT2D eigenvalue weighted by atomic mass is 16.5. The molecule has 0 aromatic heterocycles. The predicted octanol–water partition coefficient (Wildman–Crippen LogP) is 5.26. The highest BCUT2D eigenvalue weighted by Crippen LogP contribution is 2.29. The van der Waals surface area contributed by atoms with Crippen LogP contribution < -0.4 is 0 Å². The largest absolute Gasteiger partial charge is 0.458 e. The number of carbonyl (C=O) groups excluding carboxylic acids is 1. The number of rotatable bonds is 5. The van der Waals surface area contributed by atoms with Gasteiger partial charge in [-0.3, -0.25) is 4.79 Å². The molecular formula is C19H26O2. The van der Waals surface area contributed by atoms with Crippen molar-refractivity contribution in [1.82, 2.24) is 0 Å². The molecule has 21 heavy (non-hydrogen) atoms. The Morgan fingerprint density at radius 1 is 1.14 bits per heavy atom. The van der Waals surface area contributed by atoms with Crippen LogP contribution in [0.2, 0.25) is 0 Å². The smallest absolute Gasteiger partial charge is 0.309 e.